The molecule has 1 aliphatic rings. The first-order chi connectivity index (χ1) is 10.5. The van der Waals surface area contributed by atoms with Crippen molar-refractivity contribution in [2.75, 3.05) is 20.7 Å². The molecule has 0 atom stereocenters. The fourth-order valence-corrected chi connectivity index (χ4v) is 1.71. The van der Waals surface area contributed by atoms with Crippen molar-refractivity contribution in [3.05, 3.63) is 29.8 Å². The molecule has 22 heavy (non-hydrogen) atoms. The average molecular weight is 303 g/mol. The number of amides is 2. The summed E-state index contributed by atoms with van der Waals surface area (Å²) in [5, 5.41) is 4.10. The molecule has 0 aliphatic heterocycles. The smallest absolute Gasteiger partial charge is 0.259 e. The lowest BCUT2D eigenvalue weighted by Gasteiger charge is -2.11. The van der Waals surface area contributed by atoms with E-state index in [0.717, 1.165) is 24.1 Å². The maximum atomic E-state index is 11.5. The van der Waals surface area contributed by atoms with Crippen molar-refractivity contribution in [3.8, 4) is 5.75 Å². The van der Waals surface area contributed by atoms with Crippen LogP contribution in [0.5, 0.6) is 5.75 Å². The molecular formula is C16H21N3O3. The number of hydrogen-bond donors (Lipinski definition) is 1. The molecule has 0 bridgehead atoms. The van der Waals surface area contributed by atoms with Gasteiger partial charge in [-0.15, -0.1) is 0 Å². The van der Waals surface area contributed by atoms with Gasteiger partial charge in [0, 0.05) is 20.0 Å². The molecule has 1 aromatic rings. The highest BCUT2D eigenvalue weighted by atomic mass is 16.5. The van der Waals surface area contributed by atoms with Crippen LogP contribution in [0.2, 0.25) is 0 Å². The second-order valence-electron chi connectivity index (χ2n) is 5.55. The van der Waals surface area contributed by atoms with Gasteiger partial charge in [-0.25, -0.2) is 5.43 Å². The lowest BCUT2D eigenvalue weighted by molar-refractivity contribution is -0.130. The van der Waals surface area contributed by atoms with E-state index in [1.807, 2.05) is 19.1 Å². The Balaban J connectivity index is 1.88. The number of nitrogens with zero attached hydrogens (tertiary/aromatic N) is 2. The molecule has 1 saturated carbocycles. The molecule has 1 aromatic carbocycles. The number of hydrogen-bond acceptors (Lipinski definition) is 4. The fourth-order valence-electron chi connectivity index (χ4n) is 1.71. The second-order valence-corrected chi connectivity index (χ2v) is 5.55. The first-order valence-electron chi connectivity index (χ1n) is 7.25. The first-order valence-corrected chi connectivity index (χ1v) is 7.25. The van der Waals surface area contributed by atoms with Crippen LogP contribution in [0, 0.1) is 5.92 Å². The summed E-state index contributed by atoms with van der Waals surface area (Å²) in [6.45, 7) is 1.84. The minimum Gasteiger partial charge on any atom is -0.484 e. The predicted molar refractivity (Wildman–Crippen MR) is 83.7 cm³/mol. The Morgan fingerprint density at radius 2 is 1.91 bits per heavy atom. The topological polar surface area (TPSA) is 71.0 Å². The van der Waals surface area contributed by atoms with Crippen molar-refractivity contribution in [3.63, 3.8) is 0 Å². The van der Waals surface area contributed by atoms with Gasteiger partial charge in [-0.3, -0.25) is 9.59 Å². The predicted octanol–water partition coefficient (Wildman–Crippen LogP) is 1.40. The van der Waals surface area contributed by atoms with Gasteiger partial charge < -0.3 is 9.64 Å². The largest absolute Gasteiger partial charge is 0.484 e. The van der Waals surface area contributed by atoms with Crippen LogP contribution in [0.3, 0.4) is 0 Å². The molecule has 118 valence electrons. The van der Waals surface area contributed by atoms with E-state index in [1.165, 1.54) is 4.90 Å². The standard InChI is InChI=1S/C16H21N3O3/c1-11(17-18-16(21)13-4-5-13)12-6-8-14(9-7-12)22-10-15(20)19(2)3/h6-9,13H,4-5,10H2,1-3H3,(H,18,21)/b17-11+. The summed E-state index contributed by atoms with van der Waals surface area (Å²) in [7, 11) is 3.37. The Morgan fingerprint density at radius 3 is 2.45 bits per heavy atom. The van der Waals surface area contributed by atoms with Crippen molar-refractivity contribution in [1.29, 1.82) is 0 Å². The summed E-state index contributed by atoms with van der Waals surface area (Å²) in [5.74, 6) is 0.654. The monoisotopic (exact) mass is 303 g/mol. The van der Waals surface area contributed by atoms with Gasteiger partial charge in [0.05, 0.1) is 5.71 Å². The maximum Gasteiger partial charge on any atom is 0.259 e. The lowest BCUT2D eigenvalue weighted by atomic mass is 10.1. The van der Waals surface area contributed by atoms with Crippen LogP contribution in [0.25, 0.3) is 0 Å². The molecule has 0 heterocycles. The van der Waals surface area contributed by atoms with E-state index >= 15 is 0 Å². The molecule has 0 spiro atoms. The van der Waals surface area contributed by atoms with Gasteiger partial charge in [0.1, 0.15) is 5.75 Å². The fraction of sp³-hybridized carbons (Fsp3) is 0.438. The van der Waals surface area contributed by atoms with Gasteiger partial charge in [0.25, 0.3) is 5.91 Å². The Morgan fingerprint density at radius 1 is 1.27 bits per heavy atom. The van der Waals surface area contributed by atoms with Gasteiger partial charge in [-0.2, -0.15) is 5.10 Å². The minimum atomic E-state index is -0.0930. The Labute approximate surface area is 130 Å². The van der Waals surface area contributed by atoms with Crippen LogP contribution >= 0.6 is 0 Å². The number of benzene rings is 1. The van der Waals surface area contributed by atoms with Gasteiger partial charge in [-0.05, 0) is 49.6 Å². The van der Waals surface area contributed by atoms with E-state index in [2.05, 4.69) is 10.5 Å². The highest BCUT2D eigenvalue weighted by Crippen LogP contribution is 2.28. The molecule has 1 aliphatic carbocycles. The molecular weight excluding hydrogens is 282 g/mol. The average Bonchev–Trinajstić information content (AvgIpc) is 3.35. The minimum absolute atomic E-state index is 0.0108. The number of carbonyl (C=O) groups is 2. The van der Waals surface area contributed by atoms with E-state index in [1.54, 1.807) is 26.2 Å². The zero-order valence-electron chi connectivity index (χ0n) is 13.1. The SMILES string of the molecule is C/C(=N\NC(=O)C1CC1)c1ccc(OCC(=O)N(C)C)cc1. The highest BCUT2D eigenvalue weighted by molar-refractivity contribution is 5.99. The summed E-state index contributed by atoms with van der Waals surface area (Å²) in [5.41, 5.74) is 4.20. The molecule has 2 rings (SSSR count). The molecule has 0 saturated heterocycles. The van der Waals surface area contributed by atoms with Gasteiger partial charge in [0.15, 0.2) is 6.61 Å². The molecule has 1 N–H and O–H groups in total. The number of carbonyl (C=O) groups excluding carboxylic acids is 2. The lowest BCUT2D eigenvalue weighted by Crippen LogP contribution is -2.27. The van der Waals surface area contributed by atoms with E-state index in [-0.39, 0.29) is 24.3 Å². The van der Waals surface area contributed by atoms with Gasteiger partial charge in [-0.1, -0.05) is 0 Å². The van der Waals surface area contributed by atoms with E-state index < -0.39 is 0 Å². The summed E-state index contributed by atoms with van der Waals surface area (Å²) in [6, 6.07) is 7.25. The Bertz CT molecular complexity index is 575. The molecule has 0 unspecified atom stereocenters. The van der Waals surface area contributed by atoms with E-state index in [9.17, 15) is 9.59 Å². The van der Waals surface area contributed by atoms with Crippen molar-refractivity contribution < 1.29 is 14.3 Å². The quantitative estimate of drug-likeness (QED) is 0.638. The third-order valence-electron chi connectivity index (χ3n) is 3.42. The molecule has 0 aromatic heterocycles. The molecule has 1 fully saturated rings. The first kappa shape index (κ1) is 16.0. The number of nitrogens with one attached hydrogen (secondary N) is 1. The van der Waals surface area contributed by atoms with E-state index in [4.69, 9.17) is 4.74 Å². The van der Waals surface area contributed by atoms with Gasteiger partial charge >= 0.3 is 0 Å². The van der Waals surface area contributed by atoms with Crippen LogP contribution in [0.1, 0.15) is 25.3 Å². The molecule has 6 nitrogen and oxygen atoms in total. The maximum absolute atomic E-state index is 11.5. The van der Waals surface area contributed by atoms with Crippen LogP contribution in [0.15, 0.2) is 29.4 Å². The summed E-state index contributed by atoms with van der Waals surface area (Å²) >= 11 is 0. The number of ether oxygens (including phenoxy) is 1. The van der Waals surface area contributed by atoms with Crippen molar-refractivity contribution in [2.45, 2.75) is 19.8 Å². The third-order valence-corrected chi connectivity index (χ3v) is 3.42. The zero-order chi connectivity index (χ0) is 16.1. The van der Waals surface area contributed by atoms with Gasteiger partial charge in [0.2, 0.25) is 5.91 Å². The summed E-state index contributed by atoms with van der Waals surface area (Å²) < 4.78 is 5.40. The molecule has 2 amide bonds. The number of hydrazone groups is 1. The zero-order valence-corrected chi connectivity index (χ0v) is 13.1. The normalized spacial score (nSPS) is 14.4. The Hall–Kier alpha value is -2.37. The van der Waals surface area contributed by atoms with Crippen molar-refractivity contribution in [1.82, 2.24) is 10.3 Å². The van der Waals surface area contributed by atoms with Crippen molar-refractivity contribution >= 4 is 17.5 Å². The van der Waals surface area contributed by atoms with E-state index in [0.29, 0.717) is 5.75 Å². The number of likely N-dealkylation sites (N-methyl/N-ethyl adjacent to an activating group) is 1. The number of rotatable bonds is 6. The van der Waals surface area contributed by atoms with Crippen LogP contribution in [-0.2, 0) is 9.59 Å². The van der Waals surface area contributed by atoms with Crippen LogP contribution < -0.4 is 10.2 Å². The molecule has 6 heteroatoms. The summed E-state index contributed by atoms with van der Waals surface area (Å²) in [4.78, 5) is 24.4. The summed E-state index contributed by atoms with van der Waals surface area (Å²) in [6.07, 6.45) is 1.91. The van der Waals surface area contributed by atoms with Crippen LogP contribution in [-0.4, -0.2) is 43.1 Å². The van der Waals surface area contributed by atoms with Crippen LogP contribution in [0.4, 0.5) is 0 Å². The molecule has 0 radical (unpaired) electrons. The van der Waals surface area contributed by atoms with Crippen molar-refractivity contribution in [2.24, 2.45) is 11.0 Å². The third kappa shape index (κ3) is 4.58. The second kappa shape index (κ2) is 7.06. The Kier molecular flexibility index (Phi) is 5.14. The highest BCUT2D eigenvalue weighted by Gasteiger charge is 2.29.